The fourth-order valence-electron chi connectivity index (χ4n) is 1.59. The lowest BCUT2D eigenvalue weighted by Crippen LogP contribution is -2.04. The summed E-state index contributed by atoms with van der Waals surface area (Å²) < 4.78 is 5.52. The van der Waals surface area contributed by atoms with Crippen LogP contribution in [0.1, 0.15) is 18.9 Å². The van der Waals surface area contributed by atoms with Gasteiger partial charge >= 0.3 is 5.97 Å². The van der Waals surface area contributed by atoms with Crippen molar-refractivity contribution >= 4 is 5.97 Å². The third-order valence-corrected chi connectivity index (χ3v) is 2.58. The van der Waals surface area contributed by atoms with Gasteiger partial charge in [0.15, 0.2) is 0 Å². The maximum Gasteiger partial charge on any atom is 0.331 e. The minimum Gasteiger partial charge on any atom is -0.489 e. The van der Waals surface area contributed by atoms with E-state index in [0.29, 0.717) is 24.2 Å². The molecule has 0 spiro atoms. The molecule has 1 rings (SSSR count). The SMILES string of the molecule is CC/C(=C/COc1ccccc1CCO)C(=O)O. The Labute approximate surface area is 107 Å². The van der Waals surface area contributed by atoms with Crippen LogP contribution in [0.25, 0.3) is 0 Å². The molecule has 18 heavy (non-hydrogen) atoms. The van der Waals surface area contributed by atoms with E-state index in [-0.39, 0.29) is 13.2 Å². The van der Waals surface area contributed by atoms with Gasteiger partial charge in [0, 0.05) is 12.2 Å². The molecule has 0 aliphatic carbocycles. The zero-order valence-corrected chi connectivity index (χ0v) is 10.4. The summed E-state index contributed by atoms with van der Waals surface area (Å²) >= 11 is 0. The molecule has 0 saturated heterocycles. The molecule has 1 aromatic carbocycles. The highest BCUT2D eigenvalue weighted by molar-refractivity contribution is 5.86. The summed E-state index contributed by atoms with van der Waals surface area (Å²) in [5.74, 6) is -0.228. The smallest absolute Gasteiger partial charge is 0.331 e. The van der Waals surface area contributed by atoms with Crippen molar-refractivity contribution in [2.75, 3.05) is 13.2 Å². The van der Waals surface area contributed by atoms with Gasteiger partial charge in [-0.3, -0.25) is 0 Å². The van der Waals surface area contributed by atoms with E-state index in [9.17, 15) is 4.79 Å². The second kappa shape index (κ2) is 7.50. The van der Waals surface area contributed by atoms with Crippen molar-refractivity contribution in [3.8, 4) is 5.75 Å². The van der Waals surface area contributed by atoms with E-state index < -0.39 is 5.97 Å². The summed E-state index contributed by atoms with van der Waals surface area (Å²) in [4.78, 5) is 10.8. The minimum atomic E-state index is -0.912. The molecule has 0 bridgehead atoms. The van der Waals surface area contributed by atoms with Gasteiger partial charge in [-0.05, 0) is 30.5 Å². The van der Waals surface area contributed by atoms with Gasteiger partial charge < -0.3 is 14.9 Å². The zero-order valence-electron chi connectivity index (χ0n) is 10.4. The topological polar surface area (TPSA) is 66.8 Å². The largest absolute Gasteiger partial charge is 0.489 e. The number of aliphatic carboxylic acids is 1. The molecule has 0 fully saturated rings. The number of para-hydroxylation sites is 1. The van der Waals surface area contributed by atoms with Crippen LogP contribution in [0.4, 0.5) is 0 Å². The van der Waals surface area contributed by atoms with Gasteiger partial charge in [-0.2, -0.15) is 0 Å². The maximum atomic E-state index is 10.8. The van der Waals surface area contributed by atoms with Crippen LogP contribution >= 0.6 is 0 Å². The van der Waals surface area contributed by atoms with Gasteiger partial charge in [0.25, 0.3) is 0 Å². The number of benzene rings is 1. The van der Waals surface area contributed by atoms with E-state index in [4.69, 9.17) is 14.9 Å². The zero-order chi connectivity index (χ0) is 13.4. The lowest BCUT2D eigenvalue weighted by Gasteiger charge is -2.09. The average molecular weight is 250 g/mol. The quantitative estimate of drug-likeness (QED) is 0.726. The summed E-state index contributed by atoms with van der Waals surface area (Å²) in [6, 6.07) is 7.42. The van der Waals surface area contributed by atoms with Crippen molar-refractivity contribution in [3.63, 3.8) is 0 Å². The number of aliphatic hydroxyl groups excluding tert-OH is 1. The molecule has 0 aliphatic rings. The van der Waals surface area contributed by atoms with Crippen LogP contribution in [0.3, 0.4) is 0 Å². The molecule has 0 aliphatic heterocycles. The lowest BCUT2D eigenvalue weighted by molar-refractivity contribution is -0.132. The molecule has 1 aromatic rings. The van der Waals surface area contributed by atoms with Gasteiger partial charge in [-0.1, -0.05) is 25.1 Å². The molecule has 0 atom stereocenters. The van der Waals surface area contributed by atoms with Gasteiger partial charge in [0.2, 0.25) is 0 Å². The summed E-state index contributed by atoms with van der Waals surface area (Å²) in [5, 5.41) is 17.8. The Morgan fingerprint density at radius 1 is 1.39 bits per heavy atom. The number of ether oxygens (including phenoxy) is 1. The molecule has 0 aromatic heterocycles. The van der Waals surface area contributed by atoms with E-state index in [2.05, 4.69) is 0 Å². The summed E-state index contributed by atoms with van der Waals surface area (Å²) in [7, 11) is 0. The Bertz CT molecular complexity index is 424. The standard InChI is InChI=1S/C14H18O4/c1-2-11(14(16)17)8-10-18-13-6-4-3-5-12(13)7-9-15/h3-6,8,15H,2,7,9-10H2,1H3,(H,16,17)/b11-8-. The molecule has 0 radical (unpaired) electrons. The molecule has 0 saturated carbocycles. The van der Waals surface area contributed by atoms with E-state index in [1.807, 2.05) is 24.3 Å². The van der Waals surface area contributed by atoms with Crippen molar-refractivity contribution in [3.05, 3.63) is 41.5 Å². The second-order valence-corrected chi connectivity index (χ2v) is 3.78. The van der Waals surface area contributed by atoms with Crippen LogP contribution in [0.5, 0.6) is 5.75 Å². The summed E-state index contributed by atoms with van der Waals surface area (Å²) in [5.41, 5.74) is 1.26. The van der Waals surface area contributed by atoms with Crippen molar-refractivity contribution in [1.82, 2.24) is 0 Å². The Morgan fingerprint density at radius 2 is 2.11 bits per heavy atom. The van der Waals surface area contributed by atoms with Crippen LogP contribution in [-0.2, 0) is 11.2 Å². The van der Waals surface area contributed by atoms with Crippen LogP contribution in [0.15, 0.2) is 35.9 Å². The predicted molar refractivity (Wildman–Crippen MR) is 68.7 cm³/mol. The average Bonchev–Trinajstić information content (AvgIpc) is 2.36. The third-order valence-electron chi connectivity index (χ3n) is 2.58. The van der Waals surface area contributed by atoms with Crippen LogP contribution in [-0.4, -0.2) is 29.4 Å². The Morgan fingerprint density at radius 3 is 2.72 bits per heavy atom. The van der Waals surface area contributed by atoms with Crippen molar-refractivity contribution < 1.29 is 19.7 Å². The Kier molecular flexibility index (Phi) is 5.94. The molecule has 0 amide bonds. The summed E-state index contributed by atoms with van der Waals surface area (Å²) in [6.45, 7) is 2.07. The van der Waals surface area contributed by atoms with Crippen LogP contribution < -0.4 is 4.74 Å². The van der Waals surface area contributed by atoms with E-state index in [1.165, 1.54) is 0 Å². The highest BCUT2D eigenvalue weighted by Crippen LogP contribution is 2.18. The monoisotopic (exact) mass is 250 g/mol. The van der Waals surface area contributed by atoms with Crippen LogP contribution in [0, 0.1) is 0 Å². The first kappa shape index (κ1) is 14.3. The van der Waals surface area contributed by atoms with Gasteiger partial charge in [-0.15, -0.1) is 0 Å². The number of carboxylic acid groups (broad SMARTS) is 1. The molecule has 0 unspecified atom stereocenters. The number of aliphatic hydroxyl groups is 1. The molecular weight excluding hydrogens is 232 g/mol. The van der Waals surface area contributed by atoms with E-state index in [0.717, 1.165) is 5.56 Å². The first-order valence-corrected chi connectivity index (χ1v) is 5.93. The highest BCUT2D eigenvalue weighted by Gasteiger charge is 2.04. The van der Waals surface area contributed by atoms with Gasteiger partial charge in [0.1, 0.15) is 12.4 Å². The third kappa shape index (κ3) is 4.22. The number of hydrogen-bond acceptors (Lipinski definition) is 3. The fourth-order valence-corrected chi connectivity index (χ4v) is 1.59. The van der Waals surface area contributed by atoms with Gasteiger partial charge in [-0.25, -0.2) is 4.79 Å². The Hall–Kier alpha value is -1.81. The molecule has 98 valence electrons. The second-order valence-electron chi connectivity index (χ2n) is 3.78. The molecule has 4 nitrogen and oxygen atoms in total. The fraction of sp³-hybridized carbons (Fsp3) is 0.357. The first-order valence-electron chi connectivity index (χ1n) is 5.93. The maximum absolute atomic E-state index is 10.8. The molecule has 0 heterocycles. The first-order chi connectivity index (χ1) is 8.69. The number of rotatable bonds is 7. The van der Waals surface area contributed by atoms with Gasteiger partial charge in [0.05, 0.1) is 0 Å². The predicted octanol–water partition coefficient (Wildman–Crippen LogP) is 2.02. The molecule has 2 N–H and O–H groups in total. The van der Waals surface area contributed by atoms with Crippen molar-refractivity contribution in [1.29, 1.82) is 0 Å². The van der Waals surface area contributed by atoms with Crippen molar-refractivity contribution in [2.45, 2.75) is 19.8 Å². The molecular formula is C14H18O4. The number of hydrogen-bond donors (Lipinski definition) is 2. The molecule has 4 heteroatoms. The number of carboxylic acids is 1. The van der Waals surface area contributed by atoms with Crippen molar-refractivity contribution in [2.24, 2.45) is 0 Å². The normalized spacial score (nSPS) is 11.3. The van der Waals surface area contributed by atoms with E-state index in [1.54, 1.807) is 13.0 Å². The summed E-state index contributed by atoms with van der Waals surface area (Å²) in [6.07, 6.45) is 2.56. The minimum absolute atomic E-state index is 0.0611. The van der Waals surface area contributed by atoms with Crippen LogP contribution in [0.2, 0.25) is 0 Å². The highest BCUT2D eigenvalue weighted by atomic mass is 16.5. The number of carbonyl (C=O) groups is 1. The lowest BCUT2D eigenvalue weighted by atomic mass is 10.1. The Balaban J connectivity index is 2.66. The van der Waals surface area contributed by atoms with E-state index >= 15 is 0 Å².